The van der Waals surface area contributed by atoms with Gasteiger partial charge in [-0.1, -0.05) is 0 Å². The Balaban J connectivity index is 1.81. The third kappa shape index (κ3) is 2.36. The molecule has 0 saturated carbocycles. The number of nitrogens with one attached hydrogen (secondary N) is 1. The Morgan fingerprint density at radius 1 is 1.56 bits per heavy atom. The van der Waals surface area contributed by atoms with E-state index in [1.165, 1.54) is 0 Å². The van der Waals surface area contributed by atoms with E-state index in [0.717, 1.165) is 19.4 Å². The van der Waals surface area contributed by atoms with Gasteiger partial charge in [-0.3, -0.25) is 5.32 Å². The normalized spacial score (nSPS) is 27.4. The van der Waals surface area contributed by atoms with Gasteiger partial charge in [0.15, 0.2) is 5.54 Å². The van der Waals surface area contributed by atoms with E-state index in [1.54, 1.807) is 0 Å². The van der Waals surface area contributed by atoms with Crippen LogP contribution >= 0.6 is 0 Å². The maximum Gasteiger partial charge on any atom is 0.331 e. The summed E-state index contributed by atoms with van der Waals surface area (Å²) in [6.45, 7) is 4.54. The summed E-state index contributed by atoms with van der Waals surface area (Å²) in [5, 5.41) is 3.23. The number of esters is 1. The van der Waals surface area contributed by atoms with E-state index in [9.17, 15) is 4.79 Å². The van der Waals surface area contributed by atoms with Crippen LogP contribution in [0.4, 0.5) is 0 Å². The topological polar surface area (TPSA) is 56.8 Å². The van der Waals surface area contributed by atoms with Crippen molar-refractivity contribution >= 4 is 5.97 Å². The quantitative estimate of drug-likeness (QED) is 0.677. The first-order valence-electron chi connectivity index (χ1n) is 5.88. The fourth-order valence-electron chi connectivity index (χ4n) is 1.98. The molecule has 5 nitrogen and oxygen atoms in total. The maximum atomic E-state index is 11.7. The van der Waals surface area contributed by atoms with E-state index in [-0.39, 0.29) is 12.1 Å². The van der Waals surface area contributed by atoms with E-state index >= 15 is 0 Å². The van der Waals surface area contributed by atoms with Crippen molar-refractivity contribution in [2.75, 3.05) is 33.0 Å². The number of ether oxygens (including phenoxy) is 3. The minimum absolute atomic E-state index is 0.209. The van der Waals surface area contributed by atoms with E-state index in [1.807, 2.05) is 6.92 Å². The van der Waals surface area contributed by atoms with Gasteiger partial charge in [0.1, 0.15) is 0 Å². The number of rotatable bonds is 5. The largest absolute Gasteiger partial charge is 0.464 e. The predicted octanol–water partition coefficient (Wildman–Crippen LogP) is 0.0871. The predicted molar refractivity (Wildman–Crippen MR) is 57.2 cm³/mol. The van der Waals surface area contributed by atoms with Crippen molar-refractivity contribution in [2.45, 2.75) is 31.4 Å². The zero-order valence-electron chi connectivity index (χ0n) is 9.66. The Hall–Kier alpha value is -0.650. The zero-order valence-corrected chi connectivity index (χ0v) is 9.66. The maximum absolute atomic E-state index is 11.7. The van der Waals surface area contributed by atoms with Gasteiger partial charge in [0.25, 0.3) is 0 Å². The SMILES string of the molecule is CCOC(=O)C1(NCC2CCCO2)COC1. The highest BCUT2D eigenvalue weighted by Crippen LogP contribution is 2.20. The van der Waals surface area contributed by atoms with Crippen molar-refractivity contribution in [3.63, 3.8) is 0 Å². The van der Waals surface area contributed by atoms with Crippen LogP contribution in [-0.4, -0.2) is 50.6 Å². The van der Waals surface area contributed by atoms with Gasteiger partial charge in [0, 0.05) is 13.2 Å². The van der Waals surface area contributed by atoms with Crippen molar-refractivity contribution in [2.24, 2.45) is 0 Å². The second kappa shape index (κ2) is 5.12. The summed E-state index contributed by atoms with van der Waals surface area (Å²) in [7, 11) is 0. The fraction of sp³-hybridized carbons (Fsp3) is 0.909. The first-order valence-corrected chi connectivity index (χ1v) is 5.88. The molecular weight excluding hydrogens is 210 g/mol. The number of carbonyl (C=O) groups excluding carboxylic acids is 1. The fourth-order valence-corrected chi connectivity index (χ4v) is 1.98. The Labute approximate surface area is 95.4 Å². The lowest BCUT2D eigenvalue weighted by molar-refractivity contribution is -0.172. The second-order valence-corrected chi connectivity index (χ2v) is 4.31. The lowest BCUT2D eigenvalue weighted by Gasteiger charge is -2.40. The summed E-state index contributed by atoms with van der Waals surface area (Å²) in [6.07, 6.45) is 2.40. The molecule has 1 N–H and O–H groups in total. The molecule has 2 rings (SSSR count). The van der Waals surface area contributed by atoms with Gasteiger partial charge in [-0.25, -0.2) is 4.79 Å². The molecule has 0 aromatic rings. The Kier molecular flexibility index (Phi) is 3.78. The van der Waals surface area contributed by atoms with Crippen LogP contribution in [0.5, 0.6) is 0 Å². The summed E-state index contributed by atoms with van der Waals surface area (Å²) >= 11 is 0. The monoisotopic (exact) mass is 229 g/mol. The van der Waals surface area contributed by atoms with Gasteiger partial charge in [-0.15, -0.1) is 0 Å². The summed E-state index contributed by atoms with van der Waals surface area (Å²) in [5.41, 5.74) is -0.623. The smallest absolute Gasteiger partial charge is 0.331 e. The Bertz CT molecular complexity index is 246. The molecule has 1 atom stereocenters. The molecule has 2 aliphatic heterocycles. The molecule has 0 amide bonds. The lowest BCUT2D eigenvalue weighted by Crippen LogP contribution is -2.67. The lowest BCUT2D eigenvalue weighted by atomic mass is 9.97. The van der Waals surface area contributed by atoms with Crippen LogP contribution in [0.3, 0.4) is 0 Å². The first-order chi connectivity index (χ1) is 7.77. The molecule has 0 aromatic heterocycles. The van der Waals surface area contributed by atoms with Crippen molar-refractivity contribution in [1.29, 1.82) is 0 Å². The van der Waals surface area contributed by atoms with E-state index in [2.05, 4.69) is 5.32 Å². The molecule has 2 saturated heterocycles. The highest BCUT2D eigenvalue weighted by molar-refractivity contribution is 5.82. The molecule has 0 aromatic carbocycles. The van der Waals surface area contributed by atoms with Gasteiger partial charge in [0.05, 0.1) is 25.9 Å². The molecule has 0 spiro atoms. The molecule has 2 fully saturated rings. The first kappa shape index (κ1) is 11.8. The summed E-state index contributed by atoms with van der Waals surface area (Å²) < 4.78 is 15.7. The van der Waals surface area contributed by atoms with Gasteiger partial charge < -0.3 is 14.2 Å². The number of hydrogen-bond acceptors (Lipinski definition) is 5. The minimum Gasteiger partial charge on any atom is -0.464 e. The van der Waals surface area contributed by atoms with Crippen LogP contribution in [-0.2, 0) is 19.0 Å². The third-order valence-electron chi connectivity index (χ3n) is 3.06. The van der Waals surface area contributed by atoms with E-state index < -0.39 is 5.54 Å². The molecule has 1 unspecified atom stereocenters. The summed E-state index contributed by atoms with van der Waals surface area (Å²) in [4.78, 5) is 11.7. The minimum atomic E-state index is -0.623. The zero-order chi connectivity index (χ0) is 11.4. The summed E-state index contributed by atoms with van der Waals surface area (Å²) in [5.74, 6) is -0.209. The Morgan fingerprint density at radius 2 is 2.38 bits per heavy atom. The van der Waals surface area contributed by atoms with Crippen molar-refractivity contribution in [3.05, 3.63) is 0 Å². The van der Waals surface area contributed by atoms with Crippen LogP contribution in [0.2, 0.25) is 0 Å². The third-order valence-corrected chi connectivity index (χ3v) is 3.06. The van der Waals surface area contributed by atoms with Crippen LogP contribution in [0.15, 0.2) is 0 Å². The van der Waals surface area contributed by atoms with Gasteiger partial charge in [0.2, 0.25) is 0 Å². The molecule has 5 heteroatoms. The second-order valence-electron chi connectivity index (χ2n) is 4.31. The van der Waals surface area contributed by atoms with Gasteiger partial charge >= 0.3 is 5.97 Å². The molecule has 2 heterocycles. The van der Waals surface area contributed by atoms with Gasteiger partial charge in [-0.2, -0.15) is 0 Å². The highest BCUT2D eigenvalue weighted by atomic mass is 16.6. The van der Waals surface area contributed by atoms with Crippen LogP contribution in [0.25, 0.3) is 0 Å². The average Bonchev–Trinajstić information content (AvgIpc) is 2.69. The summed E-state index contributed by atoms with van der Waals surface area (Å²) in [6, 6.07) is 0. The van der Waals surface area contributed by atoms with Gasteiger partial charge in [-0.05, 0) is 19.8 Å². The standard InChI is InChI=1S/C11H19NO4/c1-2-15-10(13)11(7-14-8-11)12-6-9-4-3-5-16-9/h9,12H,2-8H2,1H3. The van der Waals surface area contributed by atoms with E-state index in [4.69, 9.17) is 14.2 Å². The molecule has 92 valence electrons. The molecule has 0 aliphatic carbocycles. The van der Waals surface area contributed by atoms with Crippen LogP contribution < -0.4 is 5.32 Å². The van der Waals surface area contributed by atoms with Crippen molar-refractivity contribution < 1.29 is 19.0 Å². The van der Waals surface area contributed by atoms with Crippen molar-refractivity contribution in [3.8, 4) is 0 Å². The molecule has 16 heavy (non-hydrogen) atoms. The number of hydrogen-bond donors (Lipinski definition) is 1. The number of carbonyl (C=O) groups is 1. The van der Waals surface area contributed by atoms with Crippen LogP contribution in [0, 0.1) is 0 Å². The average molecular weight is 229 g/mol. The van der Waals surface area contributed by atoms with E-state index in [0.29, 0.717) is 26.4 Å². The molecular formula is C11H19NO4. The van der Waals surface area contributed by atoms with Crippen LogP contribution in [0.1, 0.15) is 19.8 Å². The van der Waals surface area contributed by atoms with Crippen molar-refractivity contribution in [1.82, 2.24) is 5.32 Å². The molecule has 0 radical (unpaired) electrons. The molecule has 0 bridgehead atoms. The highest BCUT2D eigenvalue weighted by Gasteiger charge is 2.47. The molecule has 2 aliphatic rings. The Morgan fingerprint density at radius 3 is 2.88 bits per heavy atom.